The van der Waals surface area contributed by atoms with E-state index in [1.54, 1.807) is 6.07 Å². The predicted octanol–water partition coefficient (Wildman–Crippen LogP) is 2.43. The molecule has 16 heavy (non-hydrogen) atoms. The van der Waals surface area contributed by atoms with Crippen LogP contribution in [0.2, 0.25) is 0 Å². The quantitative estimate of drug-likeness (QED) is 0.617. The van der Waals surface area contributed by atoms with E-state index in [0.29, 0.717) is 16.7 Å². The van der Waals surface area contributed by atoms with E-state index in [0.717, 1.165) is 18.6 Å². The van der Waals surface area contributed by atoms with E-state index in [4.69, 9.17) is 0 Å². The van der Waals surface area contributed by atoms with E-state index < -0.39 is 0 Å². The molecule has 0 saturated heterocycles. The van der Waals surface area contributed by atoms with Crippen molar-refractivity contribution in [3.05, 3.63) is 34.5 Å². The van der Waals surface area contributed by atoms with Crippen LogP contribution >= 0.6 is 11.3 Å². The van der Waals surface area contributed by atoms with Gasteiger partial charge in [-0.25, -0.2) is 5.43 Å². The van der Waals surface area contributed by atoms with Crippen molar-refractivity contribution in [3.8, 4) is 0 Å². The molecule has 1 heterocycles. The summed E-state index contributed by atoms with van der Waals surface area (Å²) in [7, 11) is 0. The van der Waals surface area contributed by atoms with Crippen LogP contribution in [0.4, 0.5) is 0 Å². The fourth-order valence-electron chi connectivity index (χ4n) is 2.25. The Kier molecular flexibility index (Phi) is 2.36. The Morgan fingerprint density at radius 2 is 2.50 bits per heavy atom. The second-order valence-electron chi connectivity index (χ2n) is 4.16. The summed E-state index contributed by atoms with van der Waals surface area (Å²) < 4.78 is 0. The molecule has 1 amide bonds. The molecule has 4 heteroatoms. The third-order valence-corrected chi connectivity index (χ3v) is 4.08. The summed E-state index contributed by atoms with van der Waals surface area (Å²) in [4.78, 5) is 12.3. The number of allylic oxidation sites excluding steroid dienone is 2. The zero-order chi connectivity index (χ0) is 11.0. The number of hydrogen-bond donors (Lipinski definition) is 1. The molecule has 2 aliphatic carbocycles. The molecule has 0 unspecified atom stereocenters. The second-order valence-corrected chi connectivity index (χ2v) is 5.11. The summed E-state index contributed by atoms with van der Waals surface area (Å²) in [5.41, 5.74) is 3.77. The maximum Gasteiger partial charge on any atom is 0.281 e. The van der Waals surface area contributed by atoms with Crippen LogP contribution in [0, 0.1) is 11.8 Å². The summed E-state index contributed by atoms with van der Waals surface area (Å²) >= 11 is 1.43. The van der Waals surface area contributed by atoms with Crippen LogP contribution in [-0.2, 0) is 0 Å². The van der Waals surface area contributed by atoms with Crippen LogP contribution in [0.25, 0.3) is 0 Å². The van der Waals surface area contributed by atoms with Gasteiger partial charge in [-0.1, -0.05) is 18.2 Å². The first-order chi connectivity index (χ1) is 7.84. The van der Waals surface area contributed by atoms with Crippen LogP contribution in [0.3, 0.4) is 0 Å². The van der Waals surface area contributed by atoms with Gasteiger partial charge in [0, 0.05) is 11.6 Å². The third-order valence-electron chi connectivity index (χ3n) is 3.21. The Labute approximate surface area is 97.9 Å². The van der Waals surface area contributed by atoms with Crippen molar-refractivity contribution in [2.75, 3.05) is 0 Å². The van der Waals surface area contributed by atoms with Crippen molar-refractivity contribution in [2.24, 2.45) is 16.9 Å². The summed E-state index contributed by atoms with van der Waals surface area (Å²) in [5, 5.41) is 6.10. The lowest BCUT2D eigenvalue weighted by atomic mass is 9.74. The minimum Gasteiger partial charge on any atom is -0.266 e. The first-order valence-corrected chi connectivity index (χ1v) is 6.29. The molecule has 3 nitrogen and oxygen atoms in total. The Morgan fingerprint density at radius 3 is 3.25 bits per heavy atom. The predicted molar refractivity (Wildman–Crippen MR) is 64.6 cm³/mol. The van der Waals surface area contributed by atoms with Gasteiger partial charge in [0.05, 0.1) is 4.88 Å². The second kappa shape index (κ2) is 3.87. The Hall–Kier alpha value is -1.42. The number of fused-ring (bicyclic) bond motifs is 1. The van der Waals surface area contributed by atoms with Gasteiger partial charge in [-0.15, -0.1) is 11.3 Å². The average Bonchev–Trinajstić information content (AvgIpc) is 2.88. The molecular formula is C12H12N2OS. The van der Waals surface area contributed by atoms with E-state index in [1.807, 2.05) is 11.4 Å². The van der Waals surface area contributed by atoms with Crippen molar-refractivity contribution in [2.45, 2.75) is 12.8 Å². The number of carbonyl (C=O) groups is 1. The van der Waals surface area contributed by atoms with E-state index in [9.17, 15) is 4.79 Å². The normalized spacial score (nSPS) is 28.9. The SMILES string of the molecule is O=C(NN=C1C[C@@H]2C=CC[C@H]12)c1cccs1. The monoisotopic (exact) mass is 232 g/mol. The van der Waals surface area contributed by atoms with Crippen molar-refractivity contribution in [1.29, 1.82) is 0 Å². The Balaban J connectivity index is 1.61. The number of rotatable bonds is 2. The fourth-order valence-corrected chi connectivity index (χ4v) is 2.86. The van der Waals surface area contributed by atoms with Gasteiger partial charge in [-0.05, 0) is 30.2 Å². The van der Waals surface area contributed by atoms with Crippen molar-refractivity contribution in [1.82, 2.24) is 5.43 Å². The van der Waals surface area contributed by atoms with Gasteiger partial charge < -0.3 is 0 Å². The standard InChI is InChI=1S/C12H12N2OS/c15-12(11-5-2-6-16-11)14-13-10-7-8-3-1-4-9(8)10/h1-3,5-6,8-9H,4,7H2,(H,14,15)/t8-,9-/m0/s1. The summed E-state index contributed by atoms with van der Waals surface area (Å²) in [6, 6.07) is 3.67. The van der Waals surface area contributed by atoms with Gasteiger partial charge in [-0.2, -0.15) is 5.10 Å². The Morgan fingerprint density at radius 1 is 1.56 bits per heavy atom. The van der Waals surface area contributed by atoms with Crippen LogP contribution in [0.15, 0.2) is 34.8 Å². The summed E-state index contributed by atoms with van der Waals surface area (Å²) in [6.45, 7) is 0. The molecule has 0 aliphatic heterocycles. The molecular weight excluding hydrogens is 220 g/mol. The van der Waals surface area contributed by atoms with Crippen molar-refractivity contribution < 1.29 is 4.79 Å². The van der Waals surface area contributed by atoms with Crippen molar-refractivity contribution >= 4 is 23.0 Å². The van der Waals surface area contributed by atoms with Gasteiger partial charge >= 0.3 is 0 Å². The first kappa shape index (κ1) is 9.78. The zero-order valence-corrected chi connectivity index (χ0v) is 9.54. The van der Waals surface area contributed by atoms with Gasteiger partial charge in [0.25, 0.3) is 5.91 Å². The van der Waals surface area contributed by atoms with Crippen molar-refractivity contribution in [3.63, 3.8) is 0 Å². The van der Waals surface area contributed by atoms with E-state index in [2.05, 4.69) is 22.7 Å². The Bertz CT molecular complexity index is 461. The van der Waals surface area contributed by atoms with Gasteiger partial charge in [0.1, 0.15) is 0 Å². The van der Waals surface area contributed by atoms with E-state index >= 15 is 0 Å². The first-order valence-electron chi connectivity index (χ1n) is 5.41. The number of hydrogen-bond acceptors (Lipinski definition) is 3. The van der Waals surface area contributed by atoms with E-state index in [1.165, 1.54) is 11.3 Å². The smallest absolute Gasteiger partial charge is 0.266 e. The third kappa shape index (κ3) is 1.59. The highest BCUT2D eigenvalue weighted by Gasteiger charge is 2.37. The molecule has 2 aliphatic rings. The minimum atomic E-state index is -0.100. The largest absolute Gasteiger partial charge is 0.281 e. The number of nitrogens with one attached hydrogen (secondary N) is 1. The number of amides is 1. The molecule has 1 saturated carbocycles. The van der Waals surface area contributed by atoms with Gasteiger partial charge in [0.15, 0.2) is 0 Å². The maximum atomic E-state index is 11.6. The number of hydrazone groups is 1. The van der Waals surface area contributed by atoms with Gasteiger partial charge in [-0.3, -0.25) is 4.79 Å². The molecule has 1 aromatic heterocycles. The average molecular weight is 232 g/mol. The molecule has 0 spiro atoms. The lowest BCUT2D eigenvalue weighted by molar-refractivity contribution is 0.0958. The number of thiophene rings is 1. The van der Waals surface area contributed by atoms with Crippen LogP contribution in [0.1, 0.15) is 22.5 Å². The topological polar surface area (TPSA) is 41.5 Å². The summed E-state index contributed by atoms with van der Waals surface area (Å²) in [5.74, 6) is 1.14. The molecule has 0 radical (unpaired) electrons. The van der Waals surface area contributed by atoms with Gasteiger partial charge in [0.2, 0.25) is 0 Å². The zero-order valence-electron chi connectivity index (χ0n) is 8.72. The number of nitrogens with zero attached hydrogens (tertiary/aromatic N) is 1. The van der Waals surface area contributed by atoms with Crippen LogP contribution in [0.5, 0.6) is 0 Å². The molecule has 82 valence electrons. The van der Waals surface area contributed by atoms with E-state index in [-0.39, 0.29) is 5.91 Å². The molecule has 0 aromatic carbocycles. The highest BCUT2D eigenvalue weighted by molar-refractivity contribution is 7.12. The highest BCUT2D eigenvalue weighted by atomic mass is 32.1. The summed E-state index contributed by atoms with van der Waals surface area (Å²) in [6.07, 6.45) is 6.55. The van der Waals surface area contributed by atoms with Crippen LogP contribution < -0.4 is 5.43 Å². The molecule has 0 bridgehead atoms. The lowest BCUT2D eigenvalue weighted by Gasteiger charge is -2.31. The molecule has 2 atom stereocenters. The highest BCUT2D eigenvalue weighted by Crippen LogP contribution is 2.40. The molecule has 1 N–H and O–H groups in total. The maximum absolute atomic E-state index is 11.6. The number of carbonyl (C=O) groups excluding carboxylic acids is 1. The lowest BCUT2D eigenvalue weighted by Crippen LogP contribution is -2.35. The minimum absolute atomic E-state index is 0.100. The van der Waals surface area contributed by atoms with Crippen LogP contribution in [-0.4, -0.2) is 11.6 Å². The molecule has 1 fully saturated rings. The molecule has 3 rings (SSSR count). The fraction of sp³-hybridized carbons (Fsp3) is 0.333. The molecule has 1 aromatic rings.